The van der Waals surface area contributed by atoms with Gasteiger partial charge in [0.15, 0.2) is 0 Å². The van der Waals surface area contributed by atoms with Crippen molar-refractivity contribution in [3.8, 4) is 0 Å². The molecule has 0 bridgehead atoms. The van der Waals surface area contributed by atoms with Crippen molar-refractivity contribution in [1.82, 2.24) is 15.3 Å². The fourth-order valence-electron chi connectivity index (χ4n) is 2.02. The summed E-state index contributed by atoms with van der Waals surface area (Å²) in [6.45, 7) is 1.82. The highest BCUT2D eigenvalue weighted by molar-refractivity contribution is 7.09. The van der Waals surface area contributed by atoms with Crippen molar-refractivity contribution in [2.24, 2.45) is 0 Å². The number of likely N-dealkylation sites (N-methyl/N-ethyl adjacent to an activating group) is 1. The Hall–Kier alpha value is -1.46. The lowest BCUT2D eigenvalue weighted by Crippen LogP contribution is -2.22. The molecule has 1 N–H and O–H groups in total. The lowest BCUT2D eigenvalue weighted by molar-refractivity contribution is 0.682. The molecule has 1 aliphatic carbocycles. The van der Waals surface area contributed by atoms with E-state index in [1.807, 2.05) is 19.4 Å². The molecule has 3 rings (SSSR count). The molecule has 4 nitrogen and oxygen atoms in total. The lowest BCUT2D eigenvalue weighted by atomic mass is 10.3. The first kappa shape index (κ1) is 13.5. The molecule has 106 valence electrons. The molecule has 0 atom stereocenters. The molecule has 0 spiro atoms. The van der Waals surface area contributed by atoms with Gasteiger partial charge in [-0.1, -0.05) is 6.07 Å². The molecule has 20 heavy (non-hydrogen) atoms. The van der Waals surface area contributed by atoms with Gasteiger partial charge < -0.3 is 10.2 Å². The van der Waals surface area contributed by atoms with E-state index in [2.05, 4.69) is 37.7 Å². The molecule has 2 aromatic rings. The Morgan fingerprint density at radius 2 is 2.15 bits per heavy atom. The molecule has 2 heterocycles. The van der Waals surface area contributed by atoms with Crippen molar-refractivity contribution >= 4 is 17.3 Å². The van der Waals surface area contributed by atoms with Gasteiger partial charge in [0.25, 0.3) is 0 Å². The lowest BCUT2D eigenvalue weighted by Gasteiger charge is -2.16. The van der Waals surface area contributed by atoms with Crippen molar-refractivity contribution in [2.75, 3.05) is 18.5 Å². The zero-order valence-corrected chi connectivity index (χ0v) is 12.6. The predicted octanol–water partition coefficient (Wildman–Crippen LogP) is 2.47. The third-order valence-electron chi connectivity index (χ3n) is 3.48. The average Bonchev–Trinajstić information content (AvgIpc) is 3.17. The predicted molar refractivity (Wildman–Crippen MR) is 83.2 cm³/mol. The summed E-state index contributed by atoms with van der Waals surface area (Å²) in [5.74, 6) is 0.803. The van der Waals surface area contributed by atoms with Crippen LogP contribution in [-0.2, 0) is 13.0 Å². The van der Waals surface area contributed by atoms with Crippen LogP contribution in [0.1, 0.15) is 23.3 Å². The number of nitrogens with one attached hydrogen (secondary N) is 1. The molecule has 1 aliphatic rings. The average molecular weight is 288 g/mol. The van der Waals surface area contributed by atoms with Gasteiger partial charge in [0.1, 0.15) is 0 Å². The zero-order chi connectivity index (χ0) is 13.8. The monoisotopic (exact) mass is 288 g/mol. The molecule has 0 unspecified atom stereocenters. The topological polar surface area (TPSA) is 41.1 Å². The van der Waals surface area contributed by atoms with Gasteiger partial charge in [0, 0.05) is 49.0 Å². The number of hydrogen-bond acceptors (Lipinski definition) is 5. The zero-order valence-electron chi connectivity index (χ0n) is 11.7. The number of aromatic nitrogens is 2. The summed E-state index contributed by atoms with van der Waals surface area (Å²) in [4.78, 5) is 12.4. The highest BCUT2D eigenvalue weighted by atomic mass is 32.1. The van der Waals surface area contributed by atoms with Crippen molar-refractivity contribution in [2.45, 2.75) is 31.8 Å². The van der Waals surface area contributed by atoms with E-state index in [1.54, 1.807) is 11.3 Å². The molecule has 0 radical (unpaired) electrons. The minimum absolute atomic E-state index is 0.725. The summed E-state index contributed by atoms with van der Waals surface area (Å²) < 4.78 is 0. The number of hydrogen-bond donors (Lipinski definition) is 1. The van der Waals surface area contributed by atoms with Gasteiger partial charge in [-0.3, -0.25) is 0 Å². The van der Waals surface area contributed by atoms with Crippen LogP contribution in [0.25, 0.3) is 0 Å². The maximum atomic E-state index is 4.46. The maximum Gasteiger partial charge on any atom is 0.225 e. The summed E-state index contributed by atoms with van der Waals surface area (Å²) in [6, 6.07) is 4.99. The van der Waals surface area contributed by atoms with Crippen LogP contribution in [0.15, 0.2) is 29.9 Å². The molecule has 5 heteroatoms. The molecular weight excluding hydrogens is 268 g/mol. The Labute approximate surface area is 123 Å². The summed E-state index contributed by atoms with van der Waals surface area (Å²) in [5.41, 5.74) is 1.16. The Kier molecular flexibility index (Phi) is 4.28. The SMILES string of the molecule is CN(CCc1cccs1)c1ncc(CNC2CC2)cn1. The highest BCUT2D eigenvalue weighted by Gasteiger charge is 2.20. The molecule has 2 aromatic heterocycles. The van der Waals surface area contributed by atoms with Gasteiger partial charge in [-0.2, -0.15) is 0 Å². The fraction of sp³-hybridized carbons (Fsp3) is 0.467. The quantitative estimate of drug-likeness (QED) is 0.850. The first-order valence-corrected chi connectivity index (χ1v) is 7.97. The van der Waals surface area contributed by atoms with Crippen LogP contribution in [0, 0.1) is 0 Å². The summed E-state index contributed by atoms with van der Waals surface area (Å²) in [7, 11) is 2.05. The van der Waals surface area contributed by atoms with Crippen LogP contribution in [0.2, 0.25) is 0 Å². The minimum atomic E-state index is 0.725. The van der Waals surface area contributed by atoms with E-state index in [9.17, 15) is 0 Å². The van der Waals surface area contributed by atoms with E-state index < -0.39 is 0 Å². The van der Waals surface area contributed by atoms with E-state index in [0.29, 0.717) is 0 Å². The summed E-state index contributed by atoms with van der Waals surface area (Å²) >= 11 is 1.80. The van der Waals surface area contributed by atoms with Gasteiger partial charge in [-0.05, 0) is 30.7 Å². The molecule has 0 saturated heterocycles. The largest absolute Gasteiger partial charge is 0.344 e. The summed E-state index contributed by atoms with van der Waals surface area (Å²) in [6.07, 6.45) is 7.52. The number of anilines is 1. The van der Waals surface area contributed by atoms with Crippen LogP contribution in [0.3, 0.4) is 0 Å². The van der Waals surface area contributed by atoms with Crippen molar-refractivity contribution < 1.29 is 0 Å². The third-order valence-corrected chi connectivity index (χ3v) is 4.42. The Morgan fingerprint density at radius 3 is 2.80 bits per heavy atom. The van der Waals surface area contributed by atoms with Crippen molar-refractivity contribution in [1.29, 1.82) is 0 Å². The second-order valence-corrected chi connectivity index (χ2v) is 6.33. The third kappa shape index (κ3) is 3.77. The van der Waals surface area contributed by atoms with Crippen molar-refractivity contribution in [3.63, 3.8) is 0 Å². The Balaban J connectivity index is 1.50. The van der Waals surface area contributed by atoms with E-state index in [1.165, 1.54) is 17.7 Å². The van der Waals surface area contributed by atoms with Gasteiger partial charge in [0.05, 0.1) is 0 Å². The second kappa shape index (κ2) is 6.33. The van der Waals surface area contributed by atoms with Crippen LogP contribution < -0.4 is 10.2 Å². The Bertz CT molecular complexity index is 519. The van der Waals surface area contributed by atoms with Crippen LogP contribution in [0.4, 0.5) is 5.95 Å². The Morgan fingerprint density at radius 1 is 1.35 bits per heavy atom. The second-order valence-electron chi connectivity index (χ2n) is 5.30. The van der Waals surface area contributed by atoms with E-state index in [0.717, 1.165) is 37.1 Å². The van der Waals surface area contributed by atoms with Crippen LogP contribution in [-0.4, -0.2) is 29.6 Å². The standard InChI is InChI=1S/C15H20N4S/c1-19(7-6-14-3-2-8-20-14)15-17-10-12(11-18-15)9-16-13-4-5-13/h2-3,8,10-11,13,16H,4-7,9H2,1H3. The minimum Gasteiger partial charge on any atom is -0.344 e. The smallest absolute Gasteiger partial charge is 0.225 e. The van der Waals surface area contributed by atoms with Crippen LogP contribution in [0.5, 0.6) is 0 Å². The normalized spacial score (nSPS) is 14.4. The molecule has 1 fully saturated rings. The number of nitrogens with zero attached hydrogens (tertiary/aromatic N) is 3. The highest BCUT2D eigenvalue weighted by Crippen LogP contribution is 2.19. The molecular formula is C15H20N4S. The van der Waals surface area contributed by atoms with Gasteiger partial charge in [-0.25, -0.2) is 9.97 Å². The summed E-state index contributed by atoms with van der Waals surface area (Å²) in [5, 5.41) is 5.59. The fourth-order valence-corrected chi connectivity index (χ4v) is 2.72. The first-order chi connectivity index (χ1) is 9.81. The maximum absolute atomic E-state index is 4.46. The van der Waals surface area contributed by atoms with Gasteiger partial charge in [0.2, 0.25) is 5.95 Å². The first-order valence-electron chi connectivity index (χ1n) is 7.09. The molecule has 1 saturated carbocycles. The van der Waals surface area contributed by atoms with E-state index in [4.69, 9.17) is 0 Å². The molecule has 0 aliphatic heterocycles. The number of thiophene rings is 1. The van der Waals surface area contributed by atoms with Gasteiger partial charge >= 0.3 is 0 Å². The molecule has 0 aromatic carbocycles. The van der Waals surface area contributed by atoms with Crippen molar-refractivity contribution in [3.05, 3.63) is 40.3 Å². The van der Waals surface area contributed by atoms with Gasteiger partial charge in [-0.15, -0.1) is 11.3 Å². The molecule has 0 amide bonds. The van der Waals surface area contributed by atoms with E-state index >= 15 is 0 Å². The van der Waals surface area contributed by atoms with Crippen LogP contribution >= 0.6 is 11.3 Å². The van der Waals surface area contributed by atoms with E-state index in [-0.39, 0.29) is 0 Å². The number of rotatable bonds is 7.